The number of nitrogens with two attached hydrogens (primary N) is 1. The monoisotopic (exact) mass is 326 g/mol. The average Bonchev–Trinajstić information content (AvgIpc) is 3.12. The van der Waals surface area contributed by atoms with Crippen LogP contribution in [0.5, 0.6) is 0 Å². The molecule has 1 aliphatic heterocycles. The lowest BCUT2D eigenvalue weighted by Crippen LogP contribution is -2.26. The average molecular weight is 327 g/mol. The number of rotatable bonds is 4. The number of halogens is 1. The Kier molecular flexibility index (Phi) is 5.43. The van der Waals surface area contributed by atoms with Crippen molar-refractivity contribution in [3.05, 3.63) is 29.4 Å². The van der Waals surface area contributed by atoms with Crippen LogP contribution in [0.15, 0.2) is 24.5 Å². The van der Waals surface area contributed by atoms with Crippen LogP contribution in [0.2, 0.25) is 0 Å². The molecule has 0 aromatic carbocycles. The highest BCUT2D eigenvalue weighted by atomic mass is 35.5. The van der Waals surface area contributed by atoms with Crippen LogP contribution in [-0.4, -0.2) is 33.8 Å². The Morgan fingerprint density at radius 3 is 2.86 bits per heavy atom. The molecule has 2 aromatic heterocycles. The molecule has 2 atom stereocenters. The van der Waals surface area contributed by atoms with Gasteiger partial charge in [0.25, 0.3) is 0 Å². The van der Waals surface area contributed by atoms with Gasteiger partial charge in [0.05, 0.1) is 6.20 Å². The summed E-state index contributed by atoms with van der Waals surface area (Å²) in [5, 5.41) is 4.24. The standard InChI is InChI=1S/C15H22N4S.ClH/c1-11-5-12(6-16)8-19(11)10-14-3-4-15(20-14)13-7-17-18(2)9-13;/h3-4,7,9,11-12H,5-6,8,10,16H2,1-2H3;1H. The summed E-state index contributed by atoms with van der Waals surface area (Å²) in [5.74, 6) is 0.669. The molecule has 3 rings (SSSR count). The molecular weight excluding hydrogens is 304 g/mol. The van der Waals surface area contributed by atoms with Gasteiger partial charge in [-0.25, -0.2) is 0 Å². The van der Waals surface area contributed by atoms with Crippen LogP contribution in [0.1, 0.15) is 18.2 Å². The van der Waals surface area contributed by atoms with Gasteiger partial charge in [-0.3, -0.25) is 9.58 Å². The lowest BCUT2D eigenvalue weighted by atomic mass is 10.1. The highest BCUT2D eigenvalue weighted by molar-refractivity contribution is 7.15. The topological polar surface area (TPSA) is 47.1 Å². The Balaban J connectivity index is 0.00000161. The molecule has 0 aliphatic carbocycles. The van der Waals surface area contributed by atoms with Crippen LogP contribution in [0.3, 0.4) is 0 Å². The van der Waals surface area contributed by atoms with Gasteiger partial charge in [-0.15, -0.1) is 23.7 Å². The Labute approximate surface area is 136 Å². The van der Waals surface area contributed by atoms with E-state index < -0.39 is 0 Å². The van der Waals surface area contributed by atoms with Gasteiger partial charge in [-0.2, -0.15) is 5.10 Å². The van der Waals surface area contributed by atoms with Crippen molar-refractivity contribution in [3.8, 4) is 10.4 Å². The van der Waals surface area contributed by atoms with Crippen LogP contribution in [0, 0.1) is 5.92 Å². The van der Waals surface area contributed by atoms with Crippen LogP contribution < -0.4 is 5.73 Å². The number of hydrogen-bond donors (Lipinski definition) is 1. The maximum atomic E-state index is 5.80. The number of aromatic nitrogens is 2. The van der Waals surface area contributed by atoms with Crippen LogP contribution >= 0.6 is 23.7 Å². The molecule has 1 saturated heterocycles. The molecule has 0 radical (unpaired) electrons. The molecule has 116 valence electrons. The van der Waals surface area contributed by atoms with Gasteiger partial charge in [0.15, 0.2) is 0 Å². The second-order valence-electron chi connectivity index (χ2n) is 5.78. The lowest BCUT2D eigenvalue weighted by molar-refractivity contribution is 0.258. The summed E-state index contributed by atoms with van der Waals surface area (Å²) in [7, 11) is 1.96. The molecule has 1 aliphatic rings. The fourth-order valence-corrected chi connectivity index (χ4v) is 3.98. The summed E-state index contributed by atoms with van der Waals surface area (Å²) in [6, 6.07) is 5.10. The van der Waals surface area contributed by atoms with Gasteiger partial charge >= 0.3 is 0 Å². The second kappa shape index (κ2) is 6.92. The SMILES string of the molecule is CC1CC(CN)CN1Cc1ccc(-c2cnn(C)c2)s1.Cl. The number of likely N-dealkylation sites (tertiary alicyclic amines) is 1. The van der Waals surface area contributed by atoms with Gasteiger partial charge < -0.3 is 5.73 Å². The highest BCUT2D eigenvalue weighted by Crippen LogP contribution is 2.31. The van der Waals surface area contributed by atoms with Crippen LogP contribution in [0.4, 0.5) is 0 Å². The van der Waals surface area contributed by atoms with E-state index in [2.05, 4.69) is 35.3 Å². The third-order valence-electron chi connectivity index (χ3n) is 4.13. The largest absolute Gasteiger partial charge is 0.330 e. The van der Waals surface area contributed by atoms with Crippen molar-refractivity contribution in [2.75, 3.05) is 13.1 Å². The zero-order valence-corrected chi connectivity index (χ0v) is 14.2. The molecule has 2 N–H and O–H groups in total. The zero-order valence-electron chi connectivity index (χ0n) is 12.5. The molecule has 1 fully saturated rings. The fraction of sp³-hybridized carbons (Fsp3) is 0.533. The molecule has 6 heteroatoms. The molecule has 0 amide bonds. The van der Waals surface area contributed by atoms with E-state index in [4.69, 9.17) is 5.73 Å². The first-order valence-electron chi connectivity index (χ1n) is 7.17. The first-order chi connectivity index (χ1) is 9.65. The van der Waals surface area contributed by atoms with E-state index in [9.17, 15) is 0 Å². The highest BCUT2D eigenvalue weighted by Gasteiger charge is 2.28. The van der Waals surface area contributed by atoms with E-state index in [1.165, 1.54) is 21.7 Å². The molecule has 2 unspecified atom stereocenters. The van der Waals surface area contributed by atoms with E-state index in [0.717, 1.165) is 19.6 Å². The van der Waals surface area contributed by atoms with Crippen molar-refractivity contribution >= 4 is 23.7 Å². The minimum atomic E-state index is 0. The van der Waals surface area contributed by atoms with Gasteiger partial charge in [-0.05, 0) is 37.9 Å². The first-order valence-corrected chi connectivity index (χ1v) is 7.99. The van der Waals surface area contributed by atoms with E-state index in [-0.39, 0.29) is 12.4 Å². The first kappa shape index (κ1) is 16.5. The molecule has 4 nitrogen and oxygen atoms in total. The Bertz CT molecular complexity index is 580. The Hall–Kier alpha value is -0.880. The van der Waals surface area contributed by atoms with Crippen LogP contribution in [0.25, 0.3) is 10.4 Å². The van der Waals surface area contributed by atoms with Crippen LogP contribution in [-0.2, 0) is 13.6 Å². The predicted octanol–water partition coefficient (Wildman–Crippen LogP) is 2.74. The Morgan fingerprint density at radius 1 is 1.43 bits per heavy atom. The van der Waals surface area contributed by atoms with E-state index in [0.29, 0.717) is 12.0 Å². The molecular formula is C15H23ClN4S. The molecule has 2 aromatic rings. The number of aryl methyl sites for hydroxylation is 1. The summed E-state index contributed by atoms with van der Waals surface area (Å²) >= 11 is 1.87. The number of nitrogens with zero attached hydrogens (tertiary/aromatic N) is 3. The van der Waals surface area contributed by atoms with Crippen molar-refractivity contribution < 1.29 is 0 Å². The molecule has 0 bridgehead atoms. The van der Waals surface area contributed by atoms with Crippen molar-refractivity contribution in [3.63, 3.8) is 0 Å². The number of thiophene rings is 1. The minimum absolute atomic E-state index is 0. The van der Waals surface area contributed by atoms with Gasteiger partial charge in [0.2, 0.25) is 0 Å². The quantitative estimate of drug-likeness (QED) is 0.939. The van der Waals surface area contributed by atoms with Crippen molar-refractivity contribution in [2.24, 2.45) is 18.7 Å². The summed E-state index contributed by atoms with van der Waals surface area (Å²) in [6.07, 6.45) is 5.23. The van der Waals surface area contributed by atoms with Crippen molar-refractivity contribution in [1.82, 2.24) is 14.7 Å². The second-order valence-corrected chi connectivity index (χ2v) is 6.95. The summed E-state index contributed by atoms with van der Waals surface area (Å²) in [6.45, 7) is 5.30. The van der Waals surface area contributed by atoms with Crippen molar-refractivity contribution in [2.45, 2.75) is 25.9 Å². The lowest BCUT2D eigenvalue weighted by Gasteiger charge is -2.19. The summed E-state index contributed by atoms with van der Waals surface area (Å²) in [5.41, 5.74) is 7.01. The zero-order chi connectivity index (χ0) is 14.1. The third kappa shape index (κ3) is 3.66. The Morgan fingerprint density at radius 2 is 2.24 bits per heavy atom. The van der Waals surface area contributed by atoms with Crippen molar-refractivity contribution in [1.29, 1.82) is 0 Å². The van der Waals surface area contributed by atoms with E-state index >= 15 is 0 Å². The molecule has 21 heavy (non-hydrogen) atoms. The summed E-state index contributed by atoms with van der Waals surface area (Å²) in [4.78, 5) is 5.28. The molecule has 0 saturated carbocycles. The molecule has 0 spiro atoms. The number of hydrogen-bond acceptors (Lipinski definition) is 4. The maximum Gasteiger partial charge on any atom is 0.0576 e. The molecule has 3 heterocycles. The third-order valence-corrected chi connectivity index (χ3v) is 5.25. The van der Waals surface area contributed by atoms with E-state index in [1.54, 1.807) is 0 Å². The van der Waals surface area contributed by atoms with Gasteiger partial charge in [0, 0.05) is 47.7 Å². The fourth-order valence-electron chi connectivity index (χ4n) is 2.98. The summed E-state index contributed by atoms with van der Waals surface area (Å²) < 4.78 is 1.85. The van der Waals surface area contributed by atoms with E-state index in [1.807, 2.05) is 29.3 Å². The van der Waals surface area contributed by atoms with Gasteiger partial charge in [-0.1, -0.05) is 0 Å². The predicted molar refractivity (Wildman–Crippen MR) is 90.8 cm³/mol. The normalized spacial score (nSPS) is 22.4. The van der Waals surface area contributed by atoms with Gasteiger partial charge in [0.1, 0.15) is 0 Å². The maximum absolute atomic E-state index is 5.80. The smallest absolute Gasteiger partial charge is 0.0576 e. The minimum Gasteiger partial charge on any atom is -0.330 e.